The molecule has 9 heteroatoms. The van der Waals surface area contributed by atoms with Gasteiger partial charge in [-0.3, -0.25) is 14.4 Å². The second-order valence-corrected chi connectivity index (χ2v) is 5.99. The van der Waals surface area contributed by atoms with Crippen molar-refractivity contribution in [2.75, 3.05) is 19.6 Å². The van der Waals surface area contributed by atoms with Crippen LogP contribution in [0.25, 0.3) is 0 Å². The molecule has 3 unspecified atom stereocenters. The molecular formula is C15H26N4O5. The number of nitrogens with one attached hydrogen (secondary N) is 2. The number of rotatable bonds is 8. The number of likely N-dealkylation sites (tertiary alicyclic amines) is 1. The zero-order chi connectivity index (χ0) is 18.3. The van der Waals surface area contributed by atoms with Crippen LogP contribution in [0.3, 0.4) is 0 Å². The molecule has 1 rings (SSSR count). The highest BCUT2D eigenvalue weighted by molar-refractivity contribution is 5.91. The van der Waals surface area contributed by atoms with Crippen LogP contribution in [-0.4, -0.2) is 65.4 Å². The quantitative estimate of drug-likeness (QED) is 0.430. The van der Waals surface area contributed by atoms with Crippen LogP contribution in [0.4, 0.5) is 0 Å². The maximum Gasteiger partial charge on any atom is 0.326 e. The largest absolute Gasteiger partial charge is 0.480 e. The summed E-state index contributed by atoms with van der Waals surface area (Å²) in [5, 5.41) is 13.8. The van der Waals surface area contributed by atoms with Crippen LogP contribution < -0.4 is 16.4 Å². The molecule has 0 spiro atoms. The first-order valence-corrected chi connectivity index (χ1v) is 8.10. The first kappa shape index (κ1) is 19.9. The van der Waals surface area contributed by atoms with Crippen molar-refractivity contribution in [2.45, 2.75) is 45.2 Å². The number of aliphatic carboxylic acids is 1. The average Bonchev–Trinajstić information content (AvgIpc) is 3.05. The Morgan fingerprint density at radius 2 is 1.92 bits per heavy atom. The number of carbonyl (C=O) groups is 4. The molecule has 24 heavy (non-hydrogen) atoms. The molecule has 0 aromatic carbocycles. The lowest BCUT2D eigenvalue weighted by Gasteiger charge is -2.21. The van der Waals surface area contributed by atoms with E-state index >= 15 is 0 Å². The first-order valence-electron chi connectivity index (χ1n) is 8.10. The van der Waals surface area contributed by atoms with Crippen LogP contribution in [0.2, 0.25) is 0 Å². The molecule has 0 saturated carbocycles. The molecule has 3 atom stereocenters. The zero-order valence-electron chi connectivity index (χ0n) is 14.1. The summed E-state index contributed by atoms with van der Waals surface area (Å²) in [6.45, 7) is 3.55. The average molecular weight is 342 g/mol. The van der Waals surface area contributed by atoms with E-state index in [1.165, 1.54) is 4.90 Å². The van der Waals surface area contributed by atoms with Crippen molar-refractivity contribution in [1.29, 1.82) is 0 Å². The molecule has 1 saturated heterocycles. The van der Waals surface area contributed by atoms with Crippen LogP contribution in [-0.2, 0) is 19.2 Å². The SMILES string of the molecule is CCC(C)C(N)C(=O)NCC(=O)NCC(=O)N1CCCC1C(=O)O. The lowest BCUT2D eigenvalue weighted by molar-refractivity contribution is -0.148. The van der Waals surface area contributed by atoms with Crippen LogP contribution in [0.5, 0.6) is 0 Å². The van der Waals surface area contributed by atoms with Crippen LogP contribution in [0, 0.1) is 5.92 Å². The minimum absolute atomic E-state index is 0.00208. The highest BCUT2D eigenvalue weighted by Gasteiger charge is 2.33. The van der Waals surface area contributed by atoms with E-state index in [0.717, 1.165) is 6.42 Å². The van der Waals surface area contributed by atoms with Gasteiger partial charge in [0.15, 0.2) is 0 Å². The van der Waals surface area contributed by atoms with Gasteiger partial charge in [-0.1, -0.05) is 20.3 Å². The zero-order valence-corrected chi connectivity index (χ0v) is 14.1. The Morgan fingerprint density at radius 3 is 2.50 bits per heavy atom. The monoisotopic (exact) mass is 342 g/mol. The third-order valence-electron chi connectivity index (χ3n) is 4.28. The van der Waals surface area contributed by atoms with Gasteiger partial charge in [0.2, 0.25) is 17.7 Å². The van der Waals surface area contributed by atoms with Crippen LogP contribution >= 0.6 is 0 Å². The molecule has 0 bridgehead atoms. The molecule has 9 nitrogen and oxygen atoms in total. The Balaban J connectivity index is 2.34. The maximum atomic E-state index is 12.0. The van der Waals surface area contributed by atoms with Crippen molar-refractivity contribution in [3.63, 3.8) is 0 Å². The predicted molar refractivity (Wildman–Crippen MR) is 85.8 cm³/mol. The van der Waals surface area contributed by atoms with E-state index in [9.17, 15) is 19.2 Å². The molecule has 0 radical (unpaired) electrons. The Hall–Kier alpha value is -2.16. The smallest absolute Gasteiger partial charge is 0.326 e. The second-order valence-electron chi connectivity index (χ2n) is 5.99. The molecule has 3 amide bonds. The maximum absolute atomic E-state index is 12.0. The summed E-state index contributed by atoms with van der Waals surface area (Å²) in [5.74, 6) is -2.44. The van der Waals surface area contributed by atoms with Gasteiger partial charge in [-0.2, -0.15) is 0 Å². The fraction of sp³-hybridized carbons (Fsp3) is 0.733. The Bertz CT molecular complexity index is 496. The Kier molecular flexibility index (Phi) is 7.63. The summed E-state index contributed by atoms with van der Waals surface area (Å²) in [5.41, 5.74) is 5.75. The standard InChI is InChI=1S/C15H26N4O5/c1-3-9(2)13(16)14(22)18-7-11(20)17-8-12(21)19-6-4-5-10(19)15(23)24/h9-10,13H,3-8,16H2,1-2H3,(H,17,20)(H,18,22)(H,23,24). The van der Waals surface area contributed by atoms with Gasteiger partial charge in [-0.05, 0) is 18.8 Å². The minimum Gasteiger partial charge on any atom is -0.480 e. The van der Waals surface area contributed by atoms with Crippen LogP contribution in [0.1, 0.15) is 33.1 Å². The third kappa shape index (κ3) is 5.48. The summed E-state index contributed by atoms with van der Waals surface area (Å²) in [6.07, 6.45) is 1.79. The van der Waals surface area contributed by atoms with Gasteiger partial charge in [0.05, 0.1) is 19.1 Å². The van der Waals surface area contributed by atoms with Gasteiger partial charge >= 0.3 is 5.97 Å². The number of amides is 3. The Labute approximate surface area is 140 Å². The number of carboxylic acids is 1. The molecular weight excluding hydrogens is 316 g/mol. The van der Waals surface area contributed by atoms with Crippen molar-refractivity contribution in [2.24, 2.45) is 11.7 Å². The van der Waals surface area contributed by atoms with Crippen molar-refractivity contribution >= 4 is 23.7 Å². The van der Waals surface area contributed by atoms with E-state index in [-0.39, 0.29) is 19.0 Å². The summed E-state index contributed by atoms with van der Waals surface area (Å²) >= 11 is 0. The fourth-order valence-corrected chi connectivity index (χ4v) is 2.46. The summed E-state index contributed by atoms with van der Waals surface area (Å²) in [7, 11) is 0. The van der Waals surface area contributed by atoms with E-state index in [4.69, 9.17) is 10.8 Å². The van der Waals surface area contributed by atoms with E-state index < -0.39 is 35.8 Å². The van der Waals surface area contributed by atoms with Crippen molar-refractivity contribution in [3.05, 3.63) is 0 Å². The number of carboxylic acid groups (broad SMARTS) is 1. The topological polar surface area (TPSA) is 142 Å². The van der Waals surface area contributed by atoms with E-state index in [0.29, 0.717) is 19.4 Å². The second kappa shape index (κ2) is 9.21. The van der Waals surface area contributed by atoms with Crippen molar-refractivity contribution in [1.82, 2.24) is 15.5 Å². The molecule has 1 heterocycles. The molecule has 136 valence electrons. The Morgan fingerprint density at radius 1 is 1.25 bits per heavy atom. The summed E-state index contributed by atoms with van der Waals surface area (Å²) in [6, 6.07) is -1.52. The minimum atomic E-state index is -1.04. The van der Waals surface area contributed by atoms with Gasteiger partial charge in [0, 0.05) is 6.54 Å². The first-order chi connectivity index (χ1) is 11.3. The third-order valence-corrected chi connectivity index (χ3v) is 4.28. The molecule has 1 aliphatic heterocycles. The van der Waals surface area contributed by atoms with Gasteiger partial charge in [0.25, 0.3) is 0 Å². The lowest BCUT2D eigenvalue weighted by Crippen LogP contribution is -2.49. The number of hydrogen-bond donors (Lipinski definition) is 4. The number of nitrogens with zero attached hydrogens (tertiary/aromatic N) is 1. The van der Waals surface area contributed by atoms with Crippen LogP contribution in [0.15, 0.2) is 0 Å². The molecule has 0 aromatic rings. The van der Waals surface area contributed by atoms with Crippen molar-refractivity contribution < 1.29 is 24.3 Å². The molecule has 5 N–H and O–H groups in total. The normalized spacial score (nSPS) is 19.5. The van der Waals surface area contributed by atoms with E-state index in [2.05, 4.69) is 10.6 Å². The molecule has 1 aliphatic rings. The summed E-state index contributed by atoms with van der Waals surface area (Å²) in [4.78, 5) is 47.7. The van der Waals surface area contributed by atoms with Gasteiger partial charge in [-0.25, -0.2) is 4.79 Å². The molecule has 0 aromatic heterocycles. The number of nitrogens with two attached hydrogens (primary N) is 1. The highest BCUT2D eigenvalue weighted by Crippen LogP contribution is 2.17. The molecule has 1 fully saturated rings. The van der Waals surface area contributed by atoms with Gasteiger partial charge in [-0.15, -0.1) is 0 Å². The highest BCUT2D eigenvalue weighted by atomic mass is 16.4. The lowest BCUT2D eigenvalue weighted by atomic mass is 9.99. The van der Waals surface area contributed by atoms with Gasteiger partial charge in [0.1, 0.15) is 6.04 Å². The van der Waals surface area contributed by atoms with Crippen molar-refractivity contribution in [3.8, 4) is 0 Å². The van der Waals surface area contributed by atoms with E-state index in [1.54, 1.807) is 0 Å². The number of hydrogen-bond acceptors (Lipinski definition) is 5. The summed E-state index contributed by atoms with van der Waals surface area (Å²) < 4.78 is 0. The van der Waals surface area contributed by atoms with Gasteiger partial charge < -0.3 is 26.4 Å². The van der Waals surface area contributed by atoms with E-state index in [1.807, 2.05) is 13.8 Å². The molecule has 0 aliphatic carbocycles. The predicted octanol–water partition coefficient (Wildman–Crippen LogP) is -1.33. The fourth-order valence-electron chi connectivity index (χ4n) is 2.46. The number of carbonyl (C=O) groups excluding carboxylic acids is 3.